The van der Waals surface area contributed by atoms with Crippen molar-refractivity contribution >= 4 is 17.7 Å². The van der Waals surface area contributed by atoms with Gasteiger partial charge in [0.25, 0.3) is 5.91 Å². The van der Waals surface area contributed by atoms with E-state index in [-0.39, 0.29) is 6.04 Å². The van der Waals surface area contributed by atoms with Crippen LogP contribution in [0.3, 0.4) is 0 Å². The molecule has 0 radical (unpaired) electrons. The first-order valence-corrected chi connectivity index (χ1v) is 10.7. The van der Waals surface area contributed by atoms with E-state index in [9.17, 15) is 4.79 Å². The van der Waals surface area contributed by atoms with Crippen molar-refractivity contribution in [3.63, 3.8) is 0 Å². The summed E-state index contributed by atoms with van der Waals surface area (Å²) in [5.74, 6) is 1.25. The summed E-state index contributed by atoms with van der Waals surface area (Å²) in [5.41, 5.74) is 8.39. The van der Waals surface area contributed by atoms with Crippen molar-refractivity contribution in [2.75, 3.05) is 10.6 Å². The Morgan fingerprint density at radius 2 is 2.00 bits per heavy atom. The maximum Gasteiger partial charge on any atom is 0.254 e. The van der Waals surface area contributed by atoms with Gasteiger partial charge in [0.1, 0.15) is 5.82 Å². The van der Waals surface area contributed by atoms with Crippen LogP contribution in [0.2, 0.25) is 0 Å². The minimum atomic E-state index is -0.501. The van der Waals surface area contributed by atoms with Gasteiger partial charge < -0.3 is 16.4 Å². The van der Waals surface area contributed by atoms with Crippen LogP contribution in [0.4, 0.5) is 11.8 Å². The van der Waals surface area contributed by atoms with Gasteiger partial charge in [-0.3, -0.25) is 9.78 Å². The molecule has 154 valence electrons. The number of aryl methyl sites for hydroxylation is 1. The summed E-state index contributed by atoms with van der Waals surface area (Å²) in [7, 11) is 0. The van der Waals surface area contributed by atoms with Crippen LogP contribution >= 0.6 is 0 Å². The highest BCUT2D eigenvalue weighted by Gasteiger charge is 2.23. The third kappa shape index (κ3) is 4.83. The van der Waals surface area contributed by atoms with Gasteiger partial charge in [-0.15, -0.1) is 0 Å². The van der Waals surface area contributed by atoms with Crippen molar-refractivity contribution in [3.8, 4) is 0 Å². The van der Waals surface area contributed by atoms with Crippen LogP contribution in [-0.2, 0) is 12.8 Å². The number of carbonyl (C=O) groups is 1. The number of nitrogens with zero attached hydrogens (tertiary/aromatic N) is 3. The molecule has 3 atom stereocenters. The lowest BCUT2D eigenvalue weighted by atomic mass is 9.92. The van der Waals surface area contributed by atoms with Gasteiger partial charge in [0.15, 0.2) is 0 Å². The molecule has 1 amide bonds. The van der Waals surface area contributed by atoms with E-state index in [2.05, 4.69) is 38.6 Å². The first-order chi connectivity index (χ1) is 14.1. The summed E-state index contributed by atoms with van der Waals surface area (Å²) in [6.07, 6.45) is 12.1. The summed E-state index contributed by atoms with van der Waals surface area (Å²) < 4.78 is 0. The molecular formula is C22H30N6O. The second-order valence-corrected chi connectivity index (χ2v) is 8.48. The fourth-order valence-corrected chi connectivity index (χ4v) is 4.54. The third-order valence-corrected chi connectivity index (χ3v) is 6.10. The average Bonchev–Trinajstić information content (AvgIpc) is 2.91. The smallest absolute Gasteiger partial charge is 0.254 e. The largest absolute Gasteiger partial charge is 0.366 e. The molecule has 2 aromatic rings. The van der Waals surface area contributed by atoms with Crippen LogP contribution in [0, 0.1) is 5.92 Å². The molecule has 0 aliphatic heterocycles. The molecule has 2 aromatic heterocycles. The van der Waals surface area contributed by atoms with Gasteiger partial charge in [0, 0.05) is 30.2 Å². The minimum Gasteiger partial charge on any atom is -0.366 e. The number of fused-ring (bicyclic) bond motifs is 1. The van der Waals surface area contributed by atoms with Gasteiger partial charge in [0.05, 0.1) is 5.56 Å². The Hall–Kier alpha value is -2.70. The predicted molar refractivity (Wildman–Crippen MR) is 114 cm³/mol. The molecule has 4 N–H and O–H groups in total. The van der Waals surface area contributed by atoms with Crippen LogP contribution in [0.15, 0.2) is 24.5 Å². The lowest BCUT2D eigenvalue weighted by Gasteiger charge is -2.25. The average molecular weight is 395 g/mol. The van der Waals surface area contributed by atoms with Crippen molar-refractivity contribution in [2.24, 2.45) is 11.7 Å². The first-order valence-electron chi connectivity index (χ1n) is 10.7. The van der Waals surface area contributed by atoms with Crippen molar-refractivity contribution in [2.45, 2.75) is 70.4 Å². The van der Waals surface area contributed by atoms with E-state index in [1.807, 2.05) is 12.3 Å². The molecule has 0 unspecified atom stereocenters. The molecule has 7 heteroatoms. The summed E-state index contributed by atoms with van der Waals surface area (Å²) in [6.45, 7) is 2.29. The Labute approximate surface area is 171 Å². The Morgan fingerprint density at radius 1 is 1.14 bits per heavy atom. The highest BCUT2D eigenvalue weighted by molar-refractivity contribution is 5.97. The van der Waals surface area contributed by atoms with E-state index in [1.165, 1.54) is 30.5 Å². The Kier molecular flexibility index (Phi) is 5.92. The Morgan fingerprint density at radius 3 is 2.86 bits per heavy atom. The number of rotatable bonds is 5. The van der Waals surface area contributed by atoms with E-state index in [1.54, 1.807) is 6.20 Å². The fourth-order valence-electron chi connectivity index (χ4n) is 4.54. The van der Waals surface area contributed by atoms with Crippen LogP contribution in [0.25, 0.3) is 0 Å². The molecule has 7 nitrogen and oxygen atoms in total. The molecule has 0 bridgehead atoms. The second kappa shape index (κ2) is 8.76. The number of nitrogens with one attached hydrogen (secondary N) is 2. The maximum atomic E-state index is 11.9. The van der Waals surface area contributed by atoms with Gasteiger partial charge in [-0.25, -0.2) is 4.98 Å². The molecule has 0 spiro atoms. The molecule has 4 rings (SSSR count). The van der Waals surface area contributed by atoms with Gasteiger partial charge in [-0.2, -0.15) is 4.98 Å². The van der Waals surface area contributed by atoms with E-state index >= 15 is 0 Å². The third-order valence-electron chi connectivity index (χ3n) is 6.10. The van der Waals surface area contributed by atoms with Gasteiger partial charge in [-0.1, -0.05) is 32.3 Å². The summed E-state index contributed by atoms with van der Waals surface area (Å²) in [4.78, 5) is 25.4. The standard InChI is InChI=1S/C22H30N6O/c1-14-5-2-3-7-16(11-14)26-21-18(20(23)29)13-25-22(28-21)27-17-8-9-19-15(12-17)6-4-10-24-19/h4,6,10,13-14,16-17H,2-3,5,7-9,11-12H2,1H3,(H2,23,29)(H2,25,26,27,28)/t14-,16+,17-/m0/s1. The van der Waals surface area contributed by atoms with E-state index in [0.29, 0.717) is 29.3 Å². The number of anilines is 2. The second-order valence-electron chi connectivity index (χ2n) is 8.48. The highest BCUT2D eigenvalue weighted by atomic mass is 16.1. The lowest BCUT2D eigenvalue weighted by Crippen LogP contribution is -2.29. The molecule has 0 aromatic carbocycles. The number of amides is 1. The number of hydrogen-bond acceptors (Lipinski definition) is 6. The summed E-state index contributed by atoms with van der Waals surface area (Å²) in [5, 5.41) is 6.94. The van der Waals surface area contributed by atoms with Crippen molar-refractivity contribution < 1.29 is 4.79 Å². The Bertz CT molecular complexity index is 870. The number of aromatic nitrogens is 3. The molecule has 29 heavy (non-hydrogen) atoms. The molecule has 0 saturated heterocycles. The van der Waals surface area contributed by atoms with Gasteiger partial charge >= 0.3 is 0 Å². The SMILES string of the molecule is C[C@H]1CCCC[C@@H](Nc2nc(N[C@H]3CCc4ncccc4C3)ncc2C(N)=O)C1. The van der Waals surface area contributed by atoms with Crippen molar-refractivity contribution in [3.05, 3.63) is 41.3 Å². The fraction of sp³-hybridized carbons (Fsp3) is 0.545. The molecular weight excluding hydrogens is 364 g/mol. The predicted octanol–water partition coefficient (Wildman–Crippen LogP) is 3.32. The topological polar surface area (TPSA) is 106 Å². The number of hydrogen-bond donors (Lipinski definition) is 3. The zero-order valence-corrected chi connectivity index (χ0v) is 17.0. The number of nitrogens with two attached hydrogens (primary N) is 1. The zero-order chi connectivity index (χ0) is 20.2. The van der Waals surface area contributed by atoms with Crippen LogP contribution in [0.1, 0.15) is 67.1 Å². The van der Waals surface area contributed by atoms with Crippen LogP contribution < -0.4 is 16.4 Å². The van der Waals surface area contributed by atoms with E-state index in [4.69, 9.17) is 5.73 Å². The normalized spacial score (nSPS) is 24.2. The monoisotopic (exact) mass is 394 g/mol. The lowest BCUT2D eigenvalue weighted by molar-refractivity contribution is 0.100. The van der Waals surface area contributed by atoms with E-state index < -0.39 is 5.91 Å². The first kappa shape index (κ1) is 19.6. The number of pyridine rings is 1. The number of carbonyl (C=O) groups excluding carboxylic acids is 1. The Balaban J connectivity index is 1.50. The van der Waals surface area contributed by atoms with Crippen molar-refractivity contribution in [1.82, 2.24) is 15.0 Å². The van der Waals surface area contributed by atoms with Gasteiger partial charge in [-0.05, 0) is 49.7 Å². The van der Waals surface area contributed by atoms with Crippen molar-refractivity contribution in [1.29, 1.82) is 0 Å². The van der Waals surface area contributed by atoms with Crippen LogP contribution in [-0.4, -0.2) is 32.9 Å². The molecule has 2 aliphatic carbocycles. The molecule has 2 heterocycles. The van der Waals surface area contributed by atoms with E-state index in [0.717, 1.165) is 32.1 Å². The van der Waals surface area contributed by atoms with Crippen LogP contribution in [0.5, 0.6) is 0 Å². The molecule has 1 saturated carbocycles. The highest BCUT2D eigenvalue weighted by Crippen LogP contribution is 2.27. The maximum absolute atomic E-state index is 11.9. The summed E-state index contributed by atoms with van der Waals surface area (Å²) in [6, 6.07) is 4.67. The van der Waals surface area contributed by atoms with Gasteiger partial charge in [0.2, 0.25) is 5.95 Å². The zero-order valence-electron chi connectivity index (χ0n) is 17.0. The molecule has 1 fully saturated rings. The quantitative estimate of drug-likeness (QED) is 0.672. The number of primary amides is 1. The molecule has 2 aliphatic rings. The minimum absolute atomic E-state index is 0.247. The summed E-state index contributed by atoms with van der Waals surface area (Å²) >= 11 is 0.